The Bertz CT molecular complexity index is 146. The third-order valence-electron chi connectivity index (χ3n) is 3.45. The van der Waals surface area contributed by atoms with Gasteiger partial charge in [-0.05, 0) is 29.1 Å². The molecule has 2 heteroatoms. The van der Waals surface area contributed by atoms with Crippen LogP contribution in [0.2, 0.25) is 0 Å². The minimum atomic E-state index is 0.842. The molecule has 3 unspecified atom stereocenters. The van der Waals surface area contributed by atoms with Gasteiger partial charge in [0.05, 0.1) is 0 Å². The van der Waals surface area contributed by atoms with Crippen molar-refractivity contribution in [3.63, 3.8) is 0 Å². The fraction of sp³-hybridized carbons (Fsp3) is 1.00. The molecule has 0 bridgehead atoms. The molecule has 18 heavy (non-hydrogen) atoms. The molecule has 0 fully saturated rings. The van der Waals surface area contributed by atoms with Gasteiger partial charge in [0.2, 0.25) is 0 Å². The summed E-state index contributed by atoms with van der Waals surface area (Å²) in [5.41, 5.74) is 0. The summed E-state index contributed by atoms with van der Waals surface area (Å²) in [6, 6.07) is 0. The first-order chi connectivity index (χ1) is 8.49. The van der Waals surface area contributed by atoms with Crippen LogP contribution in [0.4, 0.5) is 0 Å². The molecular formula is C16H34I2. The standard InChI is InChI=1S/2C8H17I/c1-4-5-6-7(2)8(3)9;1-3-4-5-8(2)6-7-9/h7-8H,4-6H2,1-3H3;8H,3-7H2,1-2H3. The molecule has 0 aromatic heterocycles. The number of hydrogen-bond acceptors (Lipinski definition) is 0. The molecule has 0 heterocycles. The van der Waals surface area contributed by atoms with Crippen LogP contribution in [-0.2, 0) is 0 Å². The normalized spacial score (nSPS) is 15.5. The Morgan fingerprint density at radius 1 is 0.833 bits per heavy atom. The molecule has 0 aliphatic rings. The van der Waals surface area contributed by atoms with E-state index in [0.717, 1.165) is 15.8 Å². The molecule has 0 aliphatic carbocycles. The van der Waals surface area contributed by atoms with Crippen molar-refractivity contribution in [3.05, 3.63) is 0 Å². The number of alkyl halides is 2. The molecule has 0 spiro atoms. The Hall–Kier alpha value is 1.46. The van der Waals surface area contributed by atoms with Gasteiger partial charge in [0.25, 0.3) is 0 Å². The first-order valence-electron chi connectivity index (χ1n) is 7.69. The molecule has 0 rings (SSSR count). The lowest BCUT2D eigenvalue weighted by Gasteiger charge is -2.12. The van der Waals surface area contributed by atoms with E-state index in [0.29, 0.717) is 0 Å². The number of unbranched alkanes of at least 4 members (excludes halogenated alkanes) is 2. The van der Waals surface area contributed by atoms with Crippen molar-refractivity contribution in [2.75, 3.05) is 4.43 Å². The zero-order chi connectivity index (χ0) is 14.4. The average Bonchev–Trinajstić information content (AvgIpc) is 2.34. The highest BCUT2D eigenvalue weighted by molar-refractivity contribution is 14.1. The predicted octanol–water partition coefficient (Wildman–Crippen LogP) is 7.27. The minimum absolute atomic E-state index is 0.842. The van der Waals surface area contributed by atoms with E-state index in [1.54, 1.807) is 0 Å². The van der Waals surface area contributed by atoms with E-state index in [-0.39, 0.29) is 0 Å². The van der Waals surface area contributed by atoms with E-state index < -0.39 is 0 Å². The Balaban J connectivity index is 0. The molecule has 0 aliphatic heterocycles. The highest BCUT2D eigenvalue weighted by Crippen LogP contribution is 2.18. The summed E-state index contributed by atoms with van der Waals surface area (Å²) in [6.07, 6.45) is 9.74. The highest BCUT2D eigenvalue weighted by atomic mass is 127. The molecule has 0 aromatic rings. The van der Waals surface area contributed by atoms with Gasteiger partial charge in [-0.25, -0.2) is 0 Å². The fourth-order valence-corrected chi connectivity index (χ4v) is 3.06. The molecule has 0 N–H and O–H groups in total. The van der Waals surface area contributed by atoms with Gasteiger partial charge in [0.1, 0.15) is 0 Å². The second-order valence-corrected chi connectivity index (χ2v) is 8.57. The lowest BCUT2D eigenvalue weighted by Crippen LogP contribution is -2.05. The van der Waals surface area contributed by atoms with Gasteiger partial charge in [0.15, 0.2) is 0 Å². The van der Waals surface area contributed by atoms with Crippen LogP contribution in [0, 0.1) is 11.8 Å². The molecule has 0 saturated heterocycles. The maximum absolute atomic E-state index is 2.51. The quantitative estimate of drug-likeness (QED) is 0.241. The third kappa shape index (κ3) is 17.5. The number of hydrogen-bond donors (Lipinski definition) is 0. The maximum atomic E-state index is 2.51. The SMILES string of the molecule is CCCCC(C)C(C)I.CCCCC(C)CCI. The topological polar surface area (TPSA) is 0 Å². The van der Waals surface area contributed by atoms with Gasteiger partial charge >= 0.3 is 0 Å². The lowest BCUT2D eigenvalue weighted by molar-refractivity contribution is 0.497. The van der Waals surface area contributed by atoms with Gasteiger partial charge in [-0.3, -0.25) is 0 Å². The maximum Gasteiger partial charge on any atom is 0.0107 e. The van der Waals surface area contributed by atoms with Crippen molar-refractivity contribution < 1.29 is 0 Å². The van der Waals surface area contributed by atoms with Gasteiger partial charge in [-0.15, -0.1) is 0 Å². The molecule has 0 amide bonds. The second-order valence-electron chi connectivity index (χ2n) is 5.52. The van der Waals surface area contributed by atoms with Gasteiger partial charge in [0, 0.05) is 3.92 Å². The summed E-state index contributed by atoms with van der Waals surface area (Å²) in [5.74, 6) is 1.87. The summed E-state index contributed by atoms with van der Waals surface area (Å²) in [6.45, 7) is 11.5. The Labute approximate surface area is 144 Å². The first-order valence-corrected chi connectivity index (χ1v) is 10.5. The zero-order valence-corrected chi connectivity index (χ0v) is 17.5. The molecule has 112 valence electrons. The summed E-state index contributed by atoms with van der Waals surface area (Å²) in [5, 5.41) is 0. The molecular weight excluding hydrogens is 446 g/mol. The largest absolute Gasteiger partial charge is 0.0864 e. The van der Waals surface area contributed by atoms with E-state index in [9.17, 15) is 0 Å². The third-order valence-corrected chi connectivity index (χ3v) is 5.30. The minimum Gasteiger partial charge on any atom is -0.0864 e. The Kier molecular flexibility index (Phi) is 20.0. The van der Waals surface area contributed by atoms with E-state index >= 15 is 0 Å². The molecule has 3 atom stereocenters. The van der Waals surface area contributed by atoms with Crippen molar-refractivity contribution in [3.8, 4) is 0 Å². The van der Waals surface area contributed by atoms with Crippen molar-refractivity contribution in [2.45, 2.75) is 83.5 Å². The van der Waals surface area contributed by atoms with Crippen molar-refractivity contribution in [1.29, 1.82) is 0 Å². The van der Waals surface area contributed by atoms with Crippen LogP contribution in [0.25, 0.3) is 0 Å². The van der Waals surface area contributed by atoms with Crippen LogP contribution < -0.4 is 0 Å². The van der Waals surface area contributed by atoms with Gasteiger partial charge in [-0.1, -0.05) is 112 Å². The van der Waals surface area contributed by atoms with Crippen molar-refractivity contribution in [2.24, 2.45) is 11.8 Å². The van der Waals surface area contributed by atoms with Crippen molar-refractivity contribution >= 4 is 45.2 Å². The number of halogens is 2. The summed E-state index contributed by atoms with van der Waals surface area (Å²) in [4.78, 5) is 0. The van der Waals surface area contributed by atoms with Crippen LogP contribution >= 0.6 is 45.2 Å². The Morgan fingerprint density at radius 2 is 1.33 bits per heavy atom. The average molecular weight is 480 g/mol. The number of rotatable bonds is 9. The van der Waals surface area contributed by atoms with Crippen LogP contribution in [-0.4, -0.2) is 8.35 Å². The summed E-state index contributed by atoms with van der Waals surface area (Å²) < 4.78 is 2.16. The second kappa shape index (κ2) is 16.5. The van der Waals surface area contributed by atoms with E-state index in [4.69, 9.17) is 0 Å². The van der Waals surface area contributed by atoms with Crippen LogP contribution in [0.3, 0.4) is 0 Å². The van der Waals surface area contributed by atoms with E-state index in [1.807, 2.05) is 0 Å². The van der Waals surface area contributed by atoms with Crippen LogP contribution in [0.1, 0.15) is 79.6 Å². The monoisotopic (exact) mass is 480 g/mol. The van der Waals surface area contributed by atoms with Crippen molar-refractivity contribution in [1.82, 2.24) is 0 Å². The van der Waals surface area contributed by atoms with E-state index in [2.05, 4.69) is 79.8 Å². The summed E-state index contributed by atoms with van der Waals surface area (Å²) in [7, 11) is 0. The Morgan fingerprint density at radius 3 is 1.72 bits per heavy atom. The van der Waals surface area contributed by atoms with Crippen LogP contribution in [0.15, 0.2) is 0 Å². The molecule has 0 saturated carbocycles. The predicted molar refractivity (Wildman–Crippen MR) is 104 cm³/mol. The van der Waals surface area contributed by atoms with E-state index in [1.165, 1.54) is 49.4 Å². The van der Waals surface area contributed by atoms with Gasteiger partial charge in [-0.2, -0.15) is 0 Å². The molecule has 0 radical (unpaired) electrons. The highest BCUT2D eigenvalue weighted by Gasteiger charge is 2.06. The lowest BCUT2D eigenvalue weighted by atomic mass is 10.0. The van der Waals surface area contributed by atoms with Crippen LogP contribution in [0.5, 0.6) is 0 Å². The smallest absolute Gasteiger partial charge is 0.0107 e. The van der Waals surface area contributed by atoms with Gasteiger partial charge < -0.3 is 0 Å². The fourth-order valence-electron chi connectivity index (χ4n) is 1.64. The zero-order valence-electron chi connectivity index (χ0n) is 13.1. The summed E-state index contributed by atoms with van der Waals surface area (Å²) >= 11 is 4.96. The molecule has 0 nitrogen and oxygen atoms in total. The molecule has 0 aromatic carbocycles. The first kappa shape index (κ1) is 21.8.